The minimum Gasteiger partial charge on any atom is -0.324 e. The summed E-state index contributed by atoms with van der Waals surface area (Å²) in [5, 5.41) is 16.3. The fourth-order valence-corrected chi connectivity index (χ4v) is 1.83. The molecule has 20 heavy (non-hydrogen) atoms. The molecule has 6 heteroatoms. The second-order valence-electron chi connectivity index (χ2n) is 4.40. The number of nitriles is 1. The van der Waals surface area contributed by atoms with E-state index in [1.165, 1.54) is 4.68 Å². The van der Waals surface area contributed by atoms with Gasteiger partial charge in [0.05, 0.1) is 22.3 Å². The largest absolute Gasteiger partial charge is 0.324 e. The van der Waals surface area contributed by atoms with E-state index in [2.05, 4.69) is 10.4 Å². The highest BCUT2D eigenvalue weighted by Gasteiger charge is 2.17. The van der Waals surface area contributed by atoms with E-state index in [9.17, 15) is 4.79 Å². The summed E-state index contributed by atoms with van der Waals surface area (Å²) < 4.78 is 1.52. The SMILES string of the molecule is Cc1nn(C(C)C(=O)Nc2cccc(C#N)c2)cc1Cl. The van der Waals surface area contributed by atoms with Gasteiger partial charge in [0.15, 0.2) is 0 Å². The Morgan fingerprint density at radius 3 is 2.90 bits per heavy atom. The van der Waals surface area contributed by atoms with E-state index in [-0.39, 0.29) is 5.91 Å². The number of amides is 1. The van der Waals surface area contributed by atoms with Crippen LogP contribution in [0.15, 0.2) is 30.5 Å². The molecule has 0 radical (unpaired) electrons. The number of hydrogen-bond donors (Lipinski definition) is 1. The standard InChI is InChI=1S/C14H13ClN4O/c1-9-13(15)8-19(18-9)10(2)14(20)17-12-5-3-4-11(6-12)7-16/h3-6,8,10H,1-2H3,(H,17,20). The number of nitrogens with one attached hydrogen (secondary N) is 1. The molecular formula is C14H13ClN4O. The summed E-state index contributed by atoms with van der Waals surface area (Å²) >= 11 is 5.93. The van der Waals surface area contributed by atoms with Gasteiger partial charge in [0, 0.05) is 11.9 Å². The zero-order chi connectivity index (χ0) is 14.7. The number of nitrogens with zero attached hydrogens (tertiary/aromatic N) is 3. The highest BCUT2D eigenvalue weighted by molar-refractivity contribution is 6.31. The maximum absolute atomic E-state index is 12.1. The Hall–Kier alpha value is -2.32. The third-order valence-corrected chi connectivity index (χ3v) is 3.26. The molecule has 1 amide bonds. The van der Waals surface area contributed by atoms with Crippen LogP contribution in [0, 0.1) is 18.3 Å². The summed E-state index contributed by atoms with van der Waals surface area (Å²) in [6.45, 7) is 3.51. The van der Waals surface area contributed by atoms with Crippen LogP contribution in [-0.4, -0.2) is 15.7 Å². The van der Waals surface area contributed by atoms with E-state index in [1.54, 1.807) is 44.3 Å². The minimum atomic E-state index is -0.494. The van der Waals surface area contributed by atoms with E-state index >= 15 is 0 Å². The number of rotatable bonds is 3. The second kappa shape index (κ2) is 5.76. The van der Waals surface area contributed by atoms with Crippen molar-refractivity contribution in [2.45, 2.75) is 19.9 Å². The Morgan fingerprint density at radius 1 is 1.55 bits per heavy atom. The van der Waals surface area contributed by atoms with Crippen LogP contribution >= 0.6 is 11.6 Å². The van der Waals surface area contributed by atoms with E-state index in [0.717, 1.165) is 0 Å². The first-order valence-corrected chi connectivity index (χ1v) is 6.41. The molecule has 1 unspecified atom stereocenters. The average Bonchev–Trinajstić information content (AvgIpc) is 2.78. The summed E-state index contributed by atoms with van der Waals surface area (Å²) in [6, 6.07) is 8.27. The average molecular weight is 289 g/mol. The molecule has 0 aliphatic rings. The molecule has 102 valence electrons. The summed E-state index contributed by atoms with van der Waals surface area (Å²) in [5.74, 6) is -0.223. The molecule has 1 atom stereocenters. The van der Waals surface area contributed by atoms with Gasteiger partial charge in [0.1, 0.15) is 6.04 Å². The quantitative estimate of drug-likeness (QED) is 0.944. The van der Waals surface area contributed by atoms with Crippen LogP contribution in [0.1, 0.15) is 24.2 Å². The van der Waals surface area contributed by atoms with Gasteiger partial charge in [-0.25, -0.2) is 0 Å². The summed E-state index contributed by atoms with van der Waals surface area (Å²) in [6.07, 6.45) is 1.62. The number of aromatic nitrogens is 2. The molecule has 1 aromatic carbocycles. The fraction of sp³-hybridized carbons (Fsp3) is 0.214. The second-order valence-corrected chi connectivity index (χ2v) is 4.81. The first-order valence-electron chi connectivity index (χ1n) is 6.03. The molecule has 0 aliphatic carbocycles. The predicted molar refractivity (Wildman–Crippen MR) is 76.5 cm³/mol. The lowest BCUT2D eigenvalue weighted by atomic mass is 10.2. The van der Waals surface area contributed by atoms with E-state index in [1.807, 2.05) is 6.07 Å². The van der Waals surface area contributed by atoms with Crippen LogP contribution in [0.25, 0.3) is 0 Å². The lowest BCUT2D eigenvalue weighted by Gasteiger charge is -2.12. The number of hydrogen-bond acceptors (Lipinski definition) is 3. The molecule has 0 spiro atoms. The number of aryl methyl sites for hydroxylation is 1. The summed E-state index contributed by atoms with van der Waals surface area (Å²) in [4.78, 5) is 12.1. The topological polar surface area (TPSA) is 70.7 Å². The minimum absolute atomic E-state index is 0.223. The summed E-state index contributed by atoms with van der Waals surface area (Å²) in [5.41, 5.74) is 1.75. The highest BCUT2D eigenvalue weighted by Crippen LogP contribution is 2.17. The normalized spacial score (nSPS) is 11.7. The molecule has 1 N–H and O–H groups in total. The molecule has 1 heterocycles. The van der Waals surface area contributed by atoms with Crippen LogP contribution in [0.4, 0.5) is 5.69 Å². The number of carbonyl (C=O) groups excluding carboxylic acids is 1. The molecule has 5 nitrogen and oxygen atoms in total. The molecule has 0 fully saturated rings. The molecule has 2 rings (SSSR count). The van der Waals surface area contributed by atoms with Gasteiger partial charge in [-0.05, 0) is 32.0 Å². The molecule has 1 aromatic heterocycles. The van der Waals surface area contributed by atoms with Crippen LogP contribution in [0.2, 0.25) is 5.02 Å². The number of carbonyl (C=O) groups is 1. The van der Waals surface area contributed by atoms with Gasteiger partial charge in [-0.15, -0.1) is 0 Å². The van der Waals surface area contributed by atoms with Crippen molar-refractivity contribution in [3.05, 3.63) is 46.7 Å². The van der Waals surface area contributed by atoms with Crippen molar-refractivity contribution >= 4 is 23.2 Å². The Balaban J connectivity index is 2.13. The summed E-state index contributed by atoms with van der Waals surface area (Å²) in [7, 11) is 0. The van der Waals surface area contributed by atoms with Crippen LogP contribution in [-0.2, 0) is 4.79 Å². The lowest BCUT2D eigenvalue weighted by Crippen LogP contribution is -2.24. The Bertz CT molecular complexity index is 667. The van der Waals surface area contributed by atoms with Crippen molar-refractivity contribution in [2.75, 3.05) is 5.32 Å². The Labute approximate surface area is 121 Å². The predicted octanol–water partition coefficient (Wildman–Crippen LogP) is 2.92. The third kappa shape index (κ3) is 2.98. The van der Waals surface area contributed by atoms with Crippen molar-refractivity contribution in [1.82, 2.24) is 9.78 Å². The van der Waals surface area contributed by atoms with Gasteiger partial charge < -0.3 is 5.32 Å². The molecule has 0 saturated heterocycles. The fourth-order valence-electron chi connectivity index (χ4n) is 1.69. The molecule has 2 aromatic rings. The third-order valence-electron chi connectivity index (χ3n) is 2.89. The van der Waals surface area contributed by atoms with Crippen molar-refractivity contribution in [3.8, 4) is 6.07 Å². The zero-order valence-electron chi connectivity index (χ0n) is 11.1. The zero-order valence-corrected chi connectivity index (χ0v) is 11.8. The van der Waals surface area contributed by atoms with E-state index in [0.29, 0.717) is 22.0 Å². The number of benzene rings is 1. The Kier molecular flexibility index (Phi) is 4.06. The smallest absolute Gasteiger partial charge is 0.248 e. The van der Waals surface area contributed by atoms with Gasteiger partial charge in [0.2, 0.25) is 5.91 Å². The number of halogens is 1. The Morgan fingerprint density at radius 2 is 2.30 bits per heavy atom. The molecule has 0 bridgehead atoms. The first kappa shape index (κ1) is 14.1. The van der Waals surface area contributed by atoms with Crippen LogP contribution in [0.5, 0.6) is 0 Å². The van der Waals surface area contributed by atoms with Crippen molar-refractivity contribution < 1.29 is 4.79 Å². The van der Waals surface area contributed by atoms with Crippen LogP contribution < -0.4 is 5.32 Å². The van der Waals surface area contributed by atoms with Gasteiger partial charge in [-0.1, -0.05) is 17.7 Å². The lowest BCUT2D eigenvalue weighted by molar-refractivity contribution is -0.119. The van der Waals surface area contributed by atoms with Crippen molar-refractivity contribution in [3.63, 3.8) is 0 Å². The highest BCUT2D eigenvalue weighted by atomic mass is 35.5. The van der Waals surface area contributed by atoms with Gasteiger partial charge in [-0.2, -0.15) is 10.4 Å². The van der Waals surface area contributed by atoms with Crippen molar-refractivity contribution in [2.24, 2.45) is 0 Å². The monoisotopic (exact) mass is 288 g/mol. The first-order chi connectivity index (χ1) is 9.51. The van der Waals surface area contributed by atoms with Crippen LogP contribution in [0.3, 0.4) is 0 Å². The van der Waals surface area contributed by atoms with Crippen molar-refractivity contribution in [1.29, 1.82) is 5.26 Å². The van der Waals surface area contributed by atoms with Gasteiger partial charge in [-0.3, -0.25) is 9.48 Å². The maximum Gasteiger partial charge on any atom is 0.248 e. The van der Waals surface area contributed by atoms with E-state index in [4.69, 9.17) is 16.9 Å². The van der Waals surface area contributed by atoms with E-state index < -0.39 is 6.04 Å². The maximum atomic E-state index is 12.1. The molecule has 0 saturated carbocycles. The number of anilines is 1. The van der Waals surface area contributed by atoms with Gasteiger partial charge in [0.25, 0.3) is 0 Å². The van der Waals surface area contributed by atoms with Gasteiger partial charge >= 0.3 is 0 Å². The molecule has 0 aliphatic heterocycles. The molecular weight excluding hydrogens is 276 g/mol.